The van der Waals surface area contributed by atoms with E-state index in [1.807, 2.05) is 60.7 Å². The van der Waals surface area contributed by atoms with Gasteiger partial charge in [0.1, 0.15) is 5.75 Å². The number of carboxylic acids is 1. The Morgan fingerprint density at radius 2 is 1.71 bits per heavy atom. The van der Waals surface area contributed by atoms with Crippen molar-refractivity contribution >= 4 is 46.3 Å². The molecule has 0 unspecified atom stereocenters. The summed E-state index contributed by atoms with van der Waals surface area (Å²) in [5, 5.41) is 11.9. The first-order chi connectivity index (χ1) is 15.1. The SMILES string of the molecule is COc1ccc(/C=C2/SC(=Nc3ccccc3)N(c3ccccc3)C2=O)cc1C(=O)[O-]. The van der Waals surface area contributed by atoms with Crippen LogP contribution in [0.4, 0.5) is 11.4 Å². The number of thioether (sulfide) groups is 1. The van der Waals surface area contributed by atoms with Gasteiger partial charge in [-0.25, -0.2) is 4.99 Å². The Hall–Kier alpha value is -3.84. The van der Waals surface area contributed by atoms with Gasteiger partial charge in [0, 0.05) is 5.56 Å². The molecule has 0 saturated carbocycles. The Morgan fingerprint density at radius 1 is 1.03 bits per heavy atom. The average Bonchev–Trinajstić information content (AvgIpc) is 3.09. The monoisotopic (exact) mass is 429 g/mol. The largest absolute Gasteiger partial charge is 0.545 e. The van der Waals surface area contributed by atoms with E-state index in [9.17, 15) is 14.7 Å². The lowest BCUT2D eigenvalue weighted by molar-refractivity contribution is -0.255. The van der Waals surface area contributed by atoms with Crippen molar-refractivity contribution in [3.05, 3.63) is 94.9 Å². The number of para-hydroxylation sites is 2. The van der Waals surface area contributed by atoms with Crippen LogP contribution in [0.2, 0.25) is 0 Å². The van der Waals surface area contributed by atoms with Crippen molar-refractivity contribution in [3.8, 4) is 5.75 Å². The molecule has 0 aliphatic carbocycles. The molecule has 4 rings (SSSR count). The minimum atomic E-state index is -1.35. The van der Waals surface area contributed by atoms with Gasteiger partial charge in [-0.1, -0.05) is 42.5 Å². The first-order valence-corrected chi connectivity index (χ1v) is 10.2. The molecule has 0 aromatic heterocycles. The molecule has 0 bridgehead atoms. The minimum absolute atomic E-state index is 0.0783. The third-order valence-corrected chi connectivity index (χ3v) is 5.51. The van der Waals surface area contributed by atoms with Crippen molar-refractivity contribution in [2.75, 3.05) is 12.0 Å². The average molecular weight is 429 g/mol. The van der Waals surface area contributed by atoms with E-state index < -0.39 is 5.97 Å². The van der Waals surface area contributed by atoms with Crippen LogP contribution in [0.3, 0.4) is 0 Å². The first-order valence-electron chi connectivity index (χ1n) is 9.39. The molecule has 0 spiro atoms. The highest BCUT2D eigenvalue weighted by molar-refractivity contribution is 8.19. The van der Waals surface area contributed by atoms with Crippen LogP contribution in [0.25, 0.3) is 6.08 Å². The van der Waals surface area contributed by atoms with Crippen LogP contribution in [-0.4, -0.2) is 24.2 Å². The number of hydrogen-bond acceptors (Lipinski definition) is 6. The van der Waals surface area contributed by atoms with Gasteiger partial charge in [-0.15, -0.1) is 0 Å². The molecule has 1 heterocycles. The molecule has 7 heteroatoms. The van der Waals surface area contributed by atoms with Gasteiger partial charge in [0.15, 0.2) is 5.17 Å². The first kappa shape index (κ1) is 20.4. The maximum Gasteiger partial charge on any atom is 0.271 e. The molecule has 3 aromatic rings. The molecule has 154 valence electrons. The second-order valence-corrected chi connectivity index (χ2v) is 7.57. The van der Waals surface area contributed by atoms with E-state index in [1.54, 1.807) is 17.0 Å². The normalized spacial score (nSPS) is 16.2. The summed E-state index contributed by atoms with van der Waals surface area (Å²) in [4.78, 5) is 31.3. The lowest BCUT2D eigenvalue weighted by Gasteiger charge is -2.15. The minimum Gasteiger partial charge on any atom is -0.545 e. The van der Waals surface area contributed by atoms with Crippen molar-refractivity contribution in [2.45, 2.75) is 0 Å². The van der Waals surface area contributed by atoms with E-state index in [4.69, 9.17) is 4.74 Å². The highest BCUT2D eigenvalue weighted by atomic mass is 32.2. The van der Waals surface area contributed by atoms with Crippen molar-refractivity contribution in [1.82, 2.24) is 0 Å². The fourth-order valence-corrected chi connectivity index (χ4v) is 4.09. The Morgan fingerprint density at radius 3 is 2.35 bits per heavy atom. The van der Waals surface area contributed by atoms with Crippen LogP contribution in [0.5, 0.6) is 5.75 Å². The lowest BCUT2D eigenvalue weighted by atomic mass is 10.1. The summed E-state index contributed by atoms with van der Waals surface area (Å²) in [6.45, 7) is 0. The number of amidine groups is 1. The van der Waals surface area contributed by atoms with Gasteiger partial charge < -0.3 is 14.6 Å². The fourth-order valence-electron chi connectivity index (χ4n) is 3.09. The number of rotatable bonds is 5. The molecule has 1 saturated heterocycles. The van der Waals surface area contributed by atoms with Crippen LogP contribution in [-0.2, 0) is 4.79 Å². The number of amides is 1. The van der Waals surface area contributed by atoms with E-state index in [-0.39, 0.29) is 17.2 Å². The Balaban J connectivity index is 1.76. The van der Waals surface area contributed by atoms with Crippen LogP contribution in [0.1, 0.15) is 15.9 Å². The van der Waals surface area contributed by atoms with Crippen LogP contribution in [0.15, 0.2) is 88.8 Å². The van der Waals surface area contributed by atoms with Gasteiger partial charge in [-0.2, -0.15) is 0 Å². The third-order valence-electron chi connectivity index (χ3n) is 4.54. The van der Waals surface area contributed by atoms with E-state index in [1.165, 1.54) is 31.0 Å². The molecule has 0 atom stereocenters. The number of anilines is 1. The summed E-state index contributed by atoms with van der Waals surface area (Å²) in [6, 6.07) is 23.3. The quantitative estimate of drug-likeness (QED) is 0.575. The van der Waals surface area contributed by atoms with Crippen molar-refractivity contribution in [3.63, 3.8) is 0 Å². The van der Waals surface area contributed by atoms with Gasteiger partial charge in [-0.05, 0) is 59.8 Å². The smallest absolute Gasteiger partial charge is 0.271 e. The zero-order valence-corrected chi connectivity index (χ0v) is 17.3. The number of carbonyl (C=O) groups is 2. The van der Waals surface area contributed by atoms with Gasteiger partial charge in [0.25, 0.3) is 5.91 Å². The number of carboxylic acid groups (broad SMARTS) is 1. The lowest BCUT2D eigenvalue weighted by Crippen LogP contribution is -2.28. The molecule has 31 heavy (non-hydrogen) atoms. The summed E-state index contributed by atoms with van der Waals surface area (Å²) >= 11 is 1.23. The highest BCUT2D eigenvalue weighted by Crippen LogP contribution is 2.37. The zero-order valence-electron chi connectivity index (χ0n) is 16.5. The number of hydrogen-bond donors (Lipinski definition) is 0. The summed E-state index contributed by atoms with van der Waals surface area (Å²) in [5.41, 5.74) is 1.89. The number of ether oxygens (including phenoxy) is 1. The van der Waals surface area contributed by atoms with Gasteiger partial charge in [-0.3, -0.25) is 9.69 Å². The number of methoxy groups -OCH3 is 1. The highest BCUT2D eigenvalue weighted by Gasteiger charge is 2.34. The van der Waals surface area contributed by atoms with Gasteiger partial charge >= 0.3 is 0 Å². The molecule has 1 fully saturated rings. The maximum absolute atomic E-state index is 13.3. The van der Waals surface area contributed by atoms with Gasteiger partial charge in [0.2, 0.25) is 0 Å². The summed E-state index contributed by atoms with van der Waals surface area (Å²) in [5.74, 6) is -1.39. The second kappa shape index (κ2) is 8.89. The maximum atomic E-state index is 13.3. The van der Waals surface area contributed by atoms with Crippen molar-refractivity contribution < 1.29 is 19.4 Å². The molecule has 1 aliphatic heterocycles. The van der Waals surface area contributed by atoms with Crippen LogP contribution < -0.4 is 14.7 Å². The van der Waals surface area contributed by atoms with E-state index in [0.29, 0.717) is 21.3 Å². The van der Waals surface area contributed by atoms with Crippen LogP contribution in [0, 0.1) is 0 Å². The fraction of sp³-hybridized carbons (Fsp3) is 0.0417. The summed E-state index contributed by atoms with van der Waals surface area (Å²) in [6.07, 6.45) is 1.64. The van der Waals surface area contributed by atoms with E-state index >= 15 is 0 Å². The van der Waals surface area contributed by atoms with E-state index in [2.05, 4.69) is 4.99 Å². The molecule has 6 nitrogen and oxygen atoms in total. The van der Waals surface area contributed by atoms with Crippen LogP contribution >= 0.6 is 11.8 Å². The predicted molar refractivity (Wildman–Crippen MR) is 120 cm³/mol. The predicted octanol–water partition coefficient (Wildman–Crippen LogP) is 3.87. The molecule has 0 N–H and O–H groups in total. The number of carbonyl (C=O) groups excluding carboxylic acids is 2. The molecular formula is C24H17N2O4S-. The standard InChI is InChI=1S/C24H18N2O4S/c1-30-20-13-12-16(14-19(20)23(28)29)15-21-22(27)26(18-10-6-3-7-11-18)24(31-21)25-17-8-4-2-5-9-17/h2-15H,1H3,(H,28,29)/p-1/b21-15+,25-24?. The number of aromatic carboxylic acids is 1. The van der Waals surface area contributed by atoms with E-state index in [0.717, 1.165) is 5.69 Å². The number of nitrogens with zero attached hydrogens (tertiary/aromatic N) is 2. The molecule has 1 aliphatic rings. The Labute approximate surface area is 183 Å². The Kier molecular flexibility index (Phi) is 5.86. The molecule has 3 aromatic carbocycles. The van der Waals surface area contributed by atoms with Crippen molar-refractivity contribution in [2.24, 2.45) is 4.99 Å². The molecule has 0 radical (unpaired) electrons. The summed E-state index contributed by atoms with van der Waals surface area (Å²) in [7, 11) is 1.39. The second-order valence-electron chi connectivity index (χ2n) is 6.56. The third kappa shape index (κ3) is 4.36. The molecule has 1 amide bonds. The number of aliphatic imine (C=N–C) groups is 1. The molecular weight excluding hydrogens is 412 g/mol. The zero-order chi connectivity index (χ0) is 21.8. The summed E-state index contributed by atoms with van der Waals surface area (Å²) < 4.78 is 5.07. The Bertz CT molecular complexity index is 1190. The van der Waals surface area contributed by atoms with Gasteiger partial charge in [0.05, 0.1) is 29.4 Å². The topological polar surface area (TPSA) is 82.0 Å². The number of benzene rings is 3. The van der Waals surface area contributed by atoms with Crippen molar-refractivity contribution in [1.29, 1.82) is 0 Å².